The highest BCUT2D eigenvalue weighted by molar-refractivity contribution is 5.79. The lowest BCUT2D eigenvalue weighted by Gasteiger charge is -2.46. The predicted molar refractivity (Wildman–Crippen MR) is 129 cm³/mol. The van der Waals surface area contributed by atoms with E-state index >= 15 is 0 Å². The Morgan fingerprint density at radius 3 is 2.54 bits per heavy atom. The SMILES string of the molecule is Cn1cnnc1C1(c2cccc(-n3cc(C(F)(F)F)c4nc(CN5CCOCC5)[nH]c4c3=O)c2)CC(F)(F)C1. The second kappa shape index (κ2) is 8.95. The second-order valence-electron chi connectivity index (χ2n) is 10.1. The van der Waals surface area contributed by atoms with E-state index in [1.165, 1.54) is 24.5 Å². The summed E-state index contributed by atoms with van der Waals surface area (Å²) >= 11 is 0. The van der Waals surface area contributed by atoms with Crippen LogP contribution in [0, 0.1) is 0 Å². The third kappa shape index (κ3) is 4.40. The van der Waals surface area contributed by atoms with E-state index in [1.807, 2.05) is 4.90 Å². The Hall–Kier alpha value is -3.65. The molecule has 14 heteroatoms. The predicted octanol–water partition coefficient (Wildman–Crippen LogP) is 3.41. The van der Waals surface area contributed by atoms with Crippen molar-refractivity contribution in [2.75, 3.05) is 26.3 Å². The monoisotopic (exact) mass is 549 g/mol. The van der Waals surface area contributed by atoms with Gasteiger partial charge in [0.15, 0.2) is 0 Å². The van der Waals surface area contributed by atoms with Gasteiger partial charge in [-0.05, 0) is 17.7 Å². The number of hydrogen-bond donors (Lipinski definition) is 1. The third-order valence-corrected chi connectivity index (χ3v) is 7.42. The van der Waals surface area contributed by atoms with Gasteiger partial charge in [-0.25, -0.2) is 13.8 Å². The number of nitrogens with one attached hydrogen (secondary N) is 1. The van der Waals surface area contributed by atoms with Gasteiger partial charge >= 0.3 is 6.18 Å². The lowest BCUT2D eigenvalue weighted by atomic mass is 9.61. The molecule has 3 aromatic heterocycles. The molecule has 9 nitrogen and oxygen atoms in total. The van der Waals surface area contributed by atoms with E-state index in [4.69, 9.17) is 4.74 Å². The van der Waals surface area contributed by atoms with Crippen molar-refractivity contribution in [3.63, 3.8) is 0 Å². The summed E-state index contributed by atoms with van der Waals surface area (Å²) in [6.07, 6.45) is -3.76. The maximum atomic E-state index is 14.2. The molecule has 0 amide bonds. The molecule has 2 aliphatic rings. The number of alkyl halides is 5. The molecule has 1 aliphatic heterocycles. The van der Waals surface area contributed by atoms with Crippen LogP contribution in [0.4, 0.5) is 22.0 Å². The van der Waals surface area contributed by atoms with Crippen molar-refractivity contribution in [1.29, 1.82) is 0 Å². The molecule has 0 radical (unpaired) electrons. The second-order valence-corrected chi connectivity index (χ2v) is 10.1. The number of hydrogen-bond acceptors (Lipinski definition) is 6. The molecule has 4 aromatic rings. The largest absolute Gasteiger partial charge is 0.419 e. The van der Waals surface area contributed by atoms with Crippen LogP contribution < -0.4 is 5.56 Å². The first-order chi connectivity index (χ1) is 18.5. The molecule has 2 fully saturated rings. The van der Waals surface area contributed by atoms with E-state index in [0.29, 0.717) is 43.9 Å². The number of H-pyrrole nitrogens is 1. The molecular formula is C25H24F5N7O2. The van der Waals surface area contributed by atoms with E-state index in [-0.39, 0.29) is 23.6 Å². The van der Waals surface area contributed by atoms with Crippen LogP contribution in [0.2, 0.25) is 0 Å². The fourth-order valence-electron chi connectivity index (χ4n) is 5.58. The van der Waals surface area contributed by atoms with Gasteiger partial charge in [0.05, 0.1) is 25.2 Å². The molecule has 1 aliphatic carbocycles. The van der Waals surface area contributed by atoms with Crippen molar-refractivity contribution in [3.8, 4) is 5.69 Å². The van der Waals surface area contributed by atoms with E-state index in [0.717, 1.165) is 4.57 Å². The molecule has 0 atom stereocenters. The third-order valence-electron chi connectivity index (χ3n) is 7.42. The Morgan fingerprint density at radius 2 is 1.90 bits per heavy atom. The van der Waals surface area contributed by atoms with Gasteiger partial charge in [-0.3, -0.25) is 14.3 Å². The number of rotatable bonds is 5. The quantitative estimate of drug-likeness (QED) is 0.384. The number of fused-ring (bicyclic) bond motifs is 1. The van der Waals surface area contributed by atoms with Crippen molar-refractivity contribution in [2.45, 2.75) is 36.9 Å². The summed E-state index contributed by atoms with van der Waals surface area (Å²) in [6, 6.07) is 6.06. The van der Waals surface area contributed by atoms with Gasteiger partial charge in [-0.15, -0.1) is 10.2 Å². The van der Waals surface area contributed by atoms with E-state index in [9.17, 15) is 26.7 Å². The summed E-state index contributed by atoms with van der Waals surface area (Å²) in [5.41, 5.74) is -3.25. The lowest BCUT2D eigenvalue weighted by Crippen LogP contribution is -2.51. The molecule has 0 spiro atoms. The summed E-state index contributed by atoms with van der Waals surface area (Å²) in [5.74, 6) is -2.39. The van der Waals surface area contributed by atoms with Crippen molar-refractivity contribution >= 4 is 11.0 Å². The molecule has 0 bridgehead atoms. The number of morpholine rings is 1. The van der Waals surface area contributed by atoms with Gasteiger partial charge in [-0.2, -0.15) is 13.2 Å². The summed E-state index contributed by atoms with van der Waals surface area (Å²) in [4.78, 5) is 22.4. The van der Waals surface area contributed by atoms with Gasteiger partial charge in [0.25, 0.3) is 11.5 Å². The zero-order valence-electron chi connectivity index (χ0n) is 20.8. The van der Waals surface area contributed by atoms with Crippen LogP contribution in [0.3, 0.4) is 0 Å². The smallest absolute Gasteiger partial charge is 0.379 e. The number of imidazole rings is 1. The number of aromatic nitrogens is 6. The van der Waals surface area contributed by atoms with Crippen LogP contribution in [0.15, 0.2) is 41.6 Å². The van der Waals surface area contributed by atoms with Crippen LogP contribution in [0.5, 0.6) is 0 Å². The minimum Gasteiger partial charge on any atom is -0.379 e. The fraction of sp³-hybridized carbons (Fsp3) is 0.440. The van der Waals surface area contributed by atoms with Crippen molar-refractivity contribution in [2.24, 2.45) is 7.05 Å². The van der Waals surface area contributed by atoms with Crippen LogP contribution in [-0.4, -0.2) is 66.4 Å². The number of halogens is 5. The maximum absolute atomic E-state index is 14.2. The van der Waals surface area contributed by atoms with Gasteiger partial charge in [0.2, 0.25) is 0 Å². The highest BCUT2D eigenvalue weighted by Gasteiger charge is 2.60. The standard InChI is InChI=1S/C25H24F5N7O2/c1-35-14-31-34-22(35)23(12-24(26,27)13-23)15-3-2-4-16(9-15)37-10-17(25(28,29)30)19-20(21(37)38)33-18(32-19)11-36-5-7-39-8-6-36/h2-4,9-10,14H,5-8,11-13H2,1H3,(H,32,33). The first kappa shape index (κ1) is 25.6. The van der Waals surface area contributed by atoms with Crippen LogP contribution in [-0.2, 0) is 29.9 Å². The Bertz CT molecular complexity index is 1590. The van der Waals surface area contributed by atoms with Gasteiger partial charge in [-0.1, -0.05) is 12.1 Å². The Balaban J connectivity index is 1.46. The van der Waals surface area contributed by atoms with Crippen molar-refractivity contribution in [3.05, 3.63) is 69.9 Å². The Labute approximate surface area is 218 Å². The molecule has 6 rings (SSSR count). The Kier molecular flexibility index (Phi) is 5.88. The van der Waals surface area contributed by atoms with Gasteiger partial charge in [0, 0.05) is 44.9 Å². The number of nitrogens with zero attached hydrogens (tertiary/aromatic N) is 6. The van der Waals surface area contributed by atoms with Crippen molar-refractivity contribution in [1.82, 2.24) is 34.2 Å². The molecule has 4 heterocycles. The zero-order chi connectivity index (χ0) is 27.6. The average molecular weight is 550 g/mol. The molecule has 1 saturated carbocycles. The topological polar surface area (TPSA) is 93.9 Å². The van der Waals surface area contributed by atoms with Gasteiger partial charge < -0.3 is 14.3 Å². The summed E-state index contributed by atoms with van der Waals surface area (Å²) in [6.45, 7) is 2.41. The normalized spacial score (nSPS) is 19.3. The Morgan fingerprint density at radius 1 is 1.15 bits per heavy atom. The van der Waals surface area contributed by atoms with Gasteiger partial charge in [0.1, 0.15) is 34.6 Å². The number of pyridine rings is 1. The highest BCUT2D eigenvalue weighted by Crippen LogP contribution is 2.56. The van der Waals surface area contributed by atoms with E-state index < -0.39 is 47.0 Å². The molecular weight excluding hydrogens is 525 g/mol. The molecule has 1 saturated heterocycles. The minimum absolute atomic E-state index is 0.103. The number of benzene rings is 1. The molecule has 39 heavy (non-hydrogen) atoms. The first-order valence-corrected chi connectivity index (χ1v) is 12.3. The van der Waals surface area contributed by atoms with Crippen LogP contribution in [0.25, 0.3) is 16.7 Å². The lowest BCUT2D eigenvalue weighted by molar-refractivity contribution is -0.136. The molecule has 0 unspecified atom stereocenters. The summed E-state index contributed by atoms with van der Waals surface area (Å²) < 4.78 is 78.6. The summed E-state index contributed by atoms with van der Waals surface area (Å²) in [5, 5.41) is 7.87. The molecule has 206 valence electrons. The van der Waals surface area contributed by atoms with Crippen LogP contribution in [0.1, 0.15) is 35.6 Å². The van der Waals surface area contributed by atoms with Crippen molar-refractivity contribution < 1.29 is 26.7 Å². The number of aromatic amines is 1. The number of ether oxygens (including phenoxy) is 1. The molecule has 1 aromatic carbocycles. The fourth-order valence-corrected chi connectivity index (χ4v) is 5.58. The van der Waals surface area contributed by atoms with E-state index in [1.54, 1.807) is 17.7 Å². The number of aryl methyl sites for hydroxylation is 1. The van der Waals surface area contributed by atoms with Crippen LogP contribution >= 0.6 is 0 Å². The van der Waals surface area contributed by atoms with E-state index in [2.05, 4.69) is 20.2 Å². The first-order valence-electron chi connectivity index (χ1n) is 12.3. The highest BCUT2D eigenvalue weighted by atomic mass is 19.4. The molecule has 1 N–H and O–H groups in total. The minimum atomic E-state index is -4.80. The average Bonchev–Trinajstić information content (AvgIpc) is 3.49. The summed E-state index contributed by atoms with van der Waals surface area (Å²) in [7, 11) is 1.64. The maximum Gasteiger partial charge on any atom is 0.419 e. The zero-order valence-corrected chi connectivity index (χ0v) is 20.8.